The van der Waals surface area contributed by atoms with Gasteiger partial charge in [-0.05, 0) is 52.7 Å². The van der Waals surface area contributed by atoms with Gasteiger partial charge in [-0.2, -0.15) is 0 Å². The Morgan fingerprint density at radius 2 is 2.15 bits per heavy atom. The molecule has 0 fully saturated rings. The van der Waals surface area contributed by atoms with Crippen molar-refractivity contribution in [3.8, 4) is 0 Å². The van der Waals surface area contributed by atoms with Crippen LogP contribution in [0, 0.1) is 6.92 Å². The highest BCUT2D eigenvalue weighted by molar-refractivity contribution is 9.10. The van der Waals surface area contributed by atoms with E-state index in [0.717, 1.165) is 15.9 Å². The van der Waals surface area contributed by atoms with E-state index in [9.17, 15) is 4.79 Å². The number of ether oxygens (including phenoxy) is 1. The average Bonchev–Trinajstić information content (AvgIpc) is 2.46. The van der Waals surface area contributed by atoms with E-state index in [4.69, 9.17) is 0 Å². The minimum atomic E-state index is -0.377. The van der Waals surface area contributed by atoms with Gasteiger partial charge in [-0.3, -0.25) is 4.98 Å². The number of carbonyl (C=O) groups is 1. The van der Waals surface area contributed by atoms with Gasteiger partial charge in [-0.25, -0.2) is 4.79 Å². The summed E-state index contributed by atoms with van der Waals surface area (Å²) in [7, 11) is 1.35. The Morgan fingerprint density at radius 1 is 1.35 bits per heavy atom. The normalized spacial score (nSPS) is 10.2. The van der Waals surface area contributed by atoms with Gasteiger partial charge in [0.25, 0.3) is 0 Å². The van der Waals surface area contributed by atoms with Crippen LogP contribution in [0.15, 0.2) is 41.0 Å². The molecule has 20 heavy (non-hydrogen) atoms. The molecule has 5 heteroatoms. The van der Waals surface area contributed by atoms with Crippen LogP contribution in [-0.4, -0.2) is 18.1 Å². The lowest BCUT2D eigenvalue weighted by Crippen LogP contribution is -2.05. The highest BCUT2D eigenvalue weighted by Crippen LogP contribution is 2.23. The fourth-order valence-corrected chi connectivity index (χ4v) is 2.35. The van der Waals surface area contributed by atoms with Crippen LogP contribution in [-0.2, 0) is 11.3 Å². The molecule has 1 aromatic heterocycles. The van der Waals surface area contributed by atoms with Crippen LogP contribution in [0.25, 0.3) is 0 Å². The molecule has 1 aromatic carbocycles. The fourth-order valence-electron chi connectivity index (χ4n) is 1.72. The molecule has 0 amide bonds. The Morgan fingerprint density at radius 3 is 2.75 bits per heavy atom. The summed E-state index contributed by atoms with van der Waals surface area (Å²) in [6.07, 6.45) is 1.52. The van der Waals surface area contributed by atoms with Crippen LogP contribution >= 0.6 is 15.9 Å². The zero-order chi connectivity index (χ0) is 14.5. The number of nitrogens with one attached hydrogen (secondary N) is 1. The first kappa shape index (κ1) is 14.5. The summed E-state index contributed by atoms with van der Waals surface area (Å²) in [6.45, 7) is 2.63. The first-order valence-electron chi connectivity index (χ1n) is 6.13. The number of carbonyl (C=O) groups excluding carboxylic acids is 1. The lowest BCUT2D eigenvalue weighted by atomic mass is 10.2. The van der Waals surface area contributed by atoms with Crippen molar-refractivity contribution in [3.63, 3.8) is 0 Å². The largest absolute Gasteiger partial charge is 0.465 e. The number of esters is 1. The molecule has 2 rings (SSSR count). The molecule has 0 radical (unpaired) electrons. The molecule has 1 heterocycles. The maximum Gasteiger partial charge on any atom is 0.339 e. The summed E-state index contributed by atoms with van der Waals surface area (Å²) in [5.41, 5.74) is 3.51. The highest BCUT2D eigenvalue weighted by Gasteiger charge is 2.05. The standard InChI is InChI=1S/C15H15BrN2O2/c1-10-3-6-14(13(16)7-10)18-9-12-5-4-11(8-17-12)15(19)20-2/h3-8,18H,9H2,1-2H3. The molecular formula is C15H15BrN2O2. The van der Waals surface area contributed by atoms with Crippen LogP contribution in [0.5, 0.6) is 0 Å². The molecular weight excluding hydrogens is 320 g/mol. The second-order valence-corrected chi connectivity index (χ2v) is 5.22. The third-order valence-electron chi connectivity index (χ3n) is 2.83. The van der Waals surface area contributed by atoms with Crippen LogP contribution in [0.3, 0.4) is 0 Å². The van der Waals surface area contributed by atoms with E-state index in [1.807, 2.05) is 19.1 Å². The van der Waals surface area contributed by atoms with E-state index < -0.39 is 0 Å². The predicted octanol–water partition coefficient (Wildman–Crippen LogP) is 3.55. The van der Waals surface area contributed by atoms with Crippen molar-refractivity contribution in [2.75, 3.05) is 12.4 Å². The number of aromatic nitrogens is 1. The molecule has 0 bridgehead atoms. The van der Waals surface area contributed by atoms with Crippen LogP contribution < -0.4 is 5.32 Å². The van der Waals surface area contributed by atoms with Gasteiger partial charge in [-0.15, -0.1) is 0 Å². The number of halogens is 1. The SMILES string of the molecule is COC(=O)c1ccc(CNc2ccc(C)cc2Br)nc1. The van der Waals surface area contributed by atoms with E-state index >= 15 is 0 Å². The van der Waals surface area contributed by atoms with Crippen molar-refractivity contribution in [1.82, 2.24) is 4.98 Å². The topological polar surface area (TPSA) is 51.2 Å². The van der Waals surface area contributed by atoms with Gasteiger partial charge in [0, 0.05) is 16.4 Å². The van der Waals surface area contributed by atoms with Crippen LogP contribution in [0.4, 0.5) is 5.69 Å². The molecule has 2 aromatic rings. The second kappa shape index (κ2) is 6.52. The van der Waals surface area contributed by atoms with Gasteiger partial charge in [0.1, 0.15) is 0 Å². The number of hydrogen-bond acceptors (Lipinski definition) is 4. The number of methoxy groups -OCH3 is 1. The first-order chi connectivity index (χ1) is 9.60. The lowest BCUT2D eigenvalue weighted by molar-refractivity contribution is 0.0600. The van der Waals surface area contributed by atoms with E-state index in [2.05, 4.69) is 37.0 Å². The highest BCUT2D eigenvalue weighted by atomic mass is 79.9. The summed E-state index contributed by atoms with van der Waals surface area (Å²) in [4.78, 5) is 15.5. The third kappa shape index (κ3) is 3.57. The Hall–Kier alpha value is -1.88. The van der Waals surface area contributed by atoms with Gasteiger partial charge >= 0.3 is 5.97 Å². The number of anilines is 1. The zero-order valence-corrected chi connectivity index (χ0v) is 12.9. The molecule has 0 unspecified atom stereocenters. The number of pyridine rings is 1. The van der Waals surface area contributed by atoms with Crippen molar-refractivity contribution in [3.05, 3.63) is 57.8 Å². The smallest absolute Gasteiger partial charge is 0.339 e. The monoisotopic (exact) mass is 334 g/mol. The van der Waals surface area contributed by atoms with Crippen molar-refractivity contribution in [1.29, 1.82) is 0 Å². The molecule has 4 nitrogen and oxygen atoms in total. The van der Waals surface area contributed by atoms with Crippen molar-refractivity contribution in [2.45, 2.75) is 13.5 Å². The van der Waals surface area contributed by atoms with Crippen molar-refractivity contribution in [2.24, 2.45) is 0 Å². The van der Waals surface area contributed by atoms with Gasteiger partial charge in [0.15, 0.2) is 0 Å². The quantitative estimate of drug-likeness (QED) is 0.868. The Bertz CT molecular complexity index is 612. The summed E-state index contributed by atoms with van der Waals surface area (Å²) in [6, 6.07) is 9.63. The van der Waals surface area contributed by atoms with Gasteiger partial charge in [0.05, 0.1) is 24.9 Å². The van der Waals surface area contributed by atoms with E-state index in [1.54, 1.807) is 12.1 Å². The first-order valence-corrected chi connectivity index (χ1v) is 6.92. The summed E-state index contributed by atoms with van der Waals surface area (Å²) in [5, 5.41) is 3.29. The van der Waals surface area contributed by atoms with E-state index in [-0.39, 0.29) is 5.97 Å². The predicted molar refractivity (Wildman–Crippen MR) is 81.8 cm³/mol. The number of benzene rings is 1. The number of nitrogens with zero attached hydrogens (tertiary/aromatic N) is 1. The van der Waals surface area contributed by atoms with Crippen molar-refractivity contribution >= 4 is 27.6 Å². The molecule has 104 valence electrons. The average molecular weight is 335 g/mol. The Balaban J connectivity index is 2.02. The summed E-state index contributed by atoms with van der Waals surface area (Å²) < 4.78 is 5.65. The number of aryl methyl sites for hydroxylation is 1. The van der Waals surface area contributed by atoms with Crippen LogP contribution in [0.1, 0.15) is 21.6 Å². The zero-order valence-electron chi connectivity index (χ0n) is 11.3. The van der Waals surface area contributed by atoms with Gasteiger partial charge < -0.3 is 10.1 Å². The molecule has 0 aliphatic rings. The molecule has 0 aliphatic carbocycles. The minimum absolute atomic E-state index is 0.377. The number of hydrogen-bond donors (Lipinski definition) is 1. The fraction of sp³-hybridized carbons (Fsp3) is 0.200. The van der Waals surface area contributed by atoms with Gasteiger partial charge in [0.2, 0.25) is 0 Å². The molecule has 1 N–H and O–H groups in total. The molecule has 0 aliphatic heterocycles. The maximum atomic E-state index is 11.3. The molecule has 0 atom stereocenters. The number of rotatable bonds is 4. The molecule has 0 saturated heterocycles. The second-order valence-electron chi connectivity index (χ2n) is 4.37. The van der Waals surface area contributed by atoms with Crippen LogP contribution in [0.2, 0.25) is 0 Å². The Kier molecular flexibility index (Phi) is 4.74. The third-order valence-corrected chi connectivity index (χ3v) is 3.49. The molecule has 0 spiro atoms. The van der Waals surface area contributed by atoms with E-state index in [1.165, 1.54) is 18.9 Å². The summed E-state index contributed by atoms with van der Waals surface area (Å²) >= 11 is 3.52. The van der Waals surface area contributed by atoms with E-state index in [0.29, 0.717) is 12.1 Å². The Labute approximate surface area is 126 Å². The lowest BCUT2D eigenvalue weighted by Gasteiger charge is -2.09. The minimum Gasteiger partial charge on any atom is -0.465 e. The summed E-state index contributed by atoms with van der Waals surface area (Å²) in [5.74, 6) is -0.377. The van der Waals surface area contributed by atoms with Crippen molar-refractivity contribution < 1.29 is 9.53 Å². The molecule has 0 saturated carbocycles. The van der Waals surface area contributed by atoms with Gasteiger partial charge in [-0.1, -0.05) is 6.07 Å². The maximum absolute atomic E-state index is 11.3.